The van der Waals surface area contributed by atoms with Gasteiger partial charge in [0, 0.05) is 24.2 Å². The molecule has 7 nitrogen and oxygen atoms in total. The second-order valence-corrected chi connectivity index (χ2v) is 5.43. The molecule has 0 aliphatic rings. The fourth-order valence-electron chi connectivity index (χ4n) is 2.54. The quantitative estimate of drug-likeness (QED) is 0.615. The largest absolute Gasteiger partial charge is 0.321 e. The minimum absolute atomic E-state index is 0.201. The van der Waals surface area contributed by atoms with E-state index in [1.165, 1.54) is 23.4 Å². The van der Waals surface area contributed by atoms with Crippen molar-refractivity contribution in [1.82, 2.24) is 24.3 Å². The van der Waals surface area contributed by atoms with Crippen molar-refractivity contribution in [3.8, 4) is 11.5 Å². The fourth-order valence-corrected chi connectivity index (χ4v) is 2.54. The molecule has 4 aromatic rings. The number of amides is 1. The molecular weight excluding hydrogens is 335 g/mol. The highest BCUT2D eigenvalue weighted by Crippen LogP contribution is 2.19. The van der Waals surface area contributed by atoms with Crippen molar-refractivity contribution in [3.05, 3.63) is 85.1 Å². The zero-order chi connectivity index (χ0) is 17.9. The molecule has 128 valence electrons. The Hall–Kier alpha value is -3.81. The lowest BCUT2D eigenvalue weighted by Gasteiger charge is -2.11. The van der Waals surface area contributed by atoms with Gasteiger partial charge in [-0.15, -0.1) is 0 Å². The smallest absolute Gasteiger partial charge is 0.255 e. The van der Waals surface area contributed by atoms with E-state index in [-0.39, 0.29) is 5.56 Å². The van der Waals surface area contributed by atoms with E-state index in [1.54, 1.807) is 59.6 Å². The van der Waals surface area contributed by atoms with E-state index in [4.69, 9.17) is 0 Å². The molecule has 0 bridgehead atoms. The molecule has 26 heavy (non-hydrogen) atoms. The molecule has 0 radical (unpaired) electrons. The highest BCUT2D eigenvalue weighted by molar-refractivity contribution is 6.05. The Balaban J connectivity index is 1.61. The van der Waals surface area contributed by atoms with E-state index >= 15 is 0 Å². The number of nitrogens with one attached hydrogen (secondary N) is 1. The van der Waals surface area contributed by atoms with Gasteiger partial charge in [-0.3, -0.25) is 4.79 Å². The molecule has 8 heteroatoms. The SMILES string of the molecule is O=C(Nc1cccnc1-n1cncn1)c1ccc(-n2cccc2)c(F)c1. The second kappa shape index (κ2) is 6.60. The van der Waals surface area contributed by atoms with Crippen molar-refractivity contribution in [3.63, 3.8) is 0 Å². The van der Waals surface area contributed by atoms with E-state index in [1.807, 2.05) is 0 Å². The van der Waals surface area contributed by atoms with Gasteiger partial charge in [0.1, 0.15) is 18.5 Å². The molecule has 0 aliphatic carbocycles. The van der Waals surface area contributed by atoms with Gasteiger partial charge >= 0.3 is 0 Å². The zero-order valence-electron chi connectivity index (χ0n) is 13.5. The van der Waals surface area contributed by atoms with Gasteiger partial charge in [0.25, 0.3) is 5.91 Å². The van der Waals surface area contributed by atoms with Crippen molar-refractivity contribution >= 4 is 11.6 Å². The summed E-state index contributed by atoms with van der Waals surface area (Å²) < 4.78 is 17.5. The van der Waals surface area contributed by atoms with E-state index < -0.39 is 11.7 Å². The monoisotopic (exact) mass is 348 g/mol. The van der Waals surface area contributed by atoms with Gasteiger partial charge in [0.15, 0.2) is 5.82 Å². The average molecular weight is 348 g/mol. The van der Waals surface area contributed by atoms with Crippen LogP contribution < -0.4 is 5.32 Å². The van der Waals surface area contributed by atoms with Crippen LogP contribution in [0, 0.1) is 5.82 Å². The number of rotatable bonds is 4. The molecular formula is C18H13FN6O. The summed E-state index contributed by atoms with van der Waals surface area (Å²) >= 11 is 0. The molecule has 0 unspecified atom stereocenters. The van der Waals surface area contributed by atoms with Gasteiger partial charge in [-0.2, -0.15) is 5.10 Å². The number of aromatic nitrogens is 5. The van der Waals surface area contributed by atoms with Gasteiger partial charge in [0.05, 0.1) is 11.4 Å². The van der Waals surface area contributed by atoms with Crippen molar-refractivity contribution < 1.29 is 9.18 Å². The predicted molar refractivity (Wildman–Crippen MR) is 92.8 cm³/mol. The number of halogens is 1. The predicted octanol–water partition coefficient (Wildman–Crippen LogP) is 2.84. The van der Waals surface area contributed by atoms with Crippen LogP contribution in [-0.2, 0) is 0 Å². The summed E-state index contributed by atoms with van der Waals surface area (Å²) in [6.45, 7) is 0. The molecule has 0 atom stereocenters. The summed E-state index contributed by atoms with van der Waals surface area (Å²) in [6, 6.07) is 11.3. The molecule has 0 aliphatic heterocycles. The van der Waals surface area contributed by atoms with Gasteiger partial charge < -0.3 is 9.88 Å². The van der Waals surface area contributed by atoms with E-state index in [0.717, 1.165) is 0 Å². The van der Waals surface area contributed by atoms with Gasteiger partial charge in [-0.1, -0.05) is 0 Å². The normalized spacial score (nSPS) is 10.7. The average Bonchev–Trinajstić information content (AvgIpc) is 3.36. The lowest BCUT2D eigenvalue weighted by molar-refractivity contribution is 0.102. The number of hydrogen-bond donors (Lipinski definition) is 1. The summed E-state index contributed by atoms with van der Waals surface area (Å²) in [5.41, 5.74) is 1.01. The fraction of sp³-hybridized carbons (Fsp3) is 0. The standard InChI is InChI=1S/C18H13FN6O/c19-14-10-13(5-6-16(14)24-8-1-2-9-24)18(26)23-15-4-3-7-21-17(15)25-12-20-11-22-25/h1-12H,(H,23,26). The number of benzene rings is 1. The maximum absolute atomic E-state index is 14.4. The van der Waals surface area contributed by atoms with Crippen LogP contribution in [0.1, 0.15) is 10.4 Å². The number of pyridine rings is 1. The van der Waals surface area contributed by atoms with Crippen LogP contribution in [0.3, 0.4) is 0 Å². The third-order valence-electron chi connectivity index (χ3n) is 3.76. The number of carbonyl (C=O) groups is 1. The minimum Gasteiger partial charge on any atom is -0.321 e. The summed E-state index contributed by atoms with van der Waals surface area (Å²) in [5.74, 6) is -0.517. The Bertz CT molecular complexity index is 1040. The Morgan fingerprint density at radius 2 is 1.96 bits per heavy atom. The Labute approximate surface area is 147 Å². The minimum atomic E-state index is -0.489. The molecule has 4 rings (SSSR count). The van der Waals surface area contributed by atoms with Crippen LogP contribution in [-0.4, -0.2) is 30.2 Å². The van der Waals surface area contributed by atoms with Crippen molar-refractivity contribution in [1.29, 1.82) is 0 Å². The molecule has 1 N–H and O–H groups in total. The highest BCUT2D eigenvalue weighted by Gasteiger charge is 2.14. The maximum atomic E-state index is 14.4. The van der Waals surface area contributed by atoms with Crippen LogP contribution in [0.5, 0.6) is 0 Å². The molecule has 0 spiro atoms. The molecule has 0 saturated heterocycles. The van der Waals surface area contributed by atoms with Crippen molar-refractivity contribution in [2.75, 3.05) is 5.32 Å². The van der Waals surface area contributed by atoms with E-state index in [9.17, 15) is 9.18 Å². The Kier molecular flexibility index (Phi) is 3.98. The first-order valence-electron chi connectivity index (χ1n) is 7.76. The first-order chi connectivity index (χ1) is 12.7. The van der Waals surface area contributed by atoms with E-state index in [0.29, 0.717) is 17.2 Å². The Morgan fingerprint density at radius 1 is 1.12 bits per heavy atom. The lowest BCUT2D eigenvalue weighted by Crippen LogP contribution is -2.15. The van der Waals surface area contributed by atoms with Crippen LogP contribution in [0.4, 0.5) is 10.1 Å². The molecule has 3 heterocycles. The van der Waals surface area contributed by atoms with Gasteiger partial charge in [-0.05, 0) is 42.5 Å². The number of carbonyl (C=O) groups excluding carboxylic acids is 1. The summed E-state index contributed by atoms with van der Waals surface area (Å²) in [6.07, 6.45) is 7.90. The summed E-state index contributed by atoms with van der Waals surface area (Å²) in [4.78, 5) is 20.6. The van der Waals surface area contributed by atoms with Crippen LogP contribution in [0.25, 0.3) is 11.5 Å². The zero-order valence-corrected chi connectivity index (χ0v) is 13.5. The third kappa shape index (κ3) is 2.95. The second-order valence-electron chi connectivity index (χ2n) is 5.43. The van der Waals surface area contributed by atoms with Crippen LogP contribution in [0.15, 0.2) is 73.7 Å². The molecule has 0 fully saturated rings. The van der Waals surface area contributed by atoms with Crippen molar-refractivity contribution in [2.24, 2.45) is 0 Å². The maximum Gasteiger partial charge on any atom is 0.255 e. The van der Waals surface area contributed by atoms with Gasteiger partial charge in [0.2, 0.25) is 0 Å². The number of anilines is 1. The number of nitrogens with zero attached hydrogens (tertiary/aromatic N) is 5. The first-order valence-corrected chi connectivity index (χ1v) is 7.76. The van der Waals surface area contributed by atoms with E-state index in [2.05, 4.69) is 20.4 Å². The van der Waals surface area contributed by atoms with Crippen LogP contribution in [0.2, 0.25) is 0 Å². The molecule has 1 amide bonds. The Morgan fingerprint density at radius 3 is 2.69 bits per heavy atom. The first kappa shape index (κ1) is 15.7. The van der Waals surface area contributed by atoms with Crippen molar-refractivity contribution in [2.45, 2.75) is 0 Å². The molecule has 0 saturated carbocycles. The summed E-state index contributed by atoms with van der Waals surface area (Å²) in [7, 11) is 0. The molecule has 1 aromatic carbocycles. The van der Waals surface area contributed by atoms with Gasteiger partial charge in [-0.25, -0.2) is 19.0 Å². The molecule has 3 aromatic heterocycles. The summed E-state index contributed by atoms with van der Waals surface area (Å²) in [5, 5.41) is 6.74. The number of hydrogen-bond acceptors (Lipinski definition) is 4. The highest BCUT2D eigenvalue weighted by atomic mass is 19.1. The third-order valence-corrected chi connectivity index (χ3v) is 3.76. The lowest BCUT2D eigenvalue weighted by atomic mass is 10.1. The topological polar surface area (TPSA) is 77.6 Å². The van der Waals surface area contributed by atoms with Crippen LogP contribution >= 0.6 is 0 Å².